The van der Waals surface area contributed by atoms with Gasteiger partial charge in [-0.05, 0) is 36.3 Å². The highest BCUT2D eigenvalue weighted by atomic mass is 15.0. The number of nitrogens with zero attached hydrogens (tertiary/aromatic N) is 1. The van der Waals surface area contributed by atoms with Gasteiger partial charge in [0, 0.05) is 12.2 Å². The van der Waals surface area contributed by atoms with Crippen LogP contribution in [0, 0.1) is 5.41 Å². The molecule has 1 aromatic rings. The molecule has 0 aromatic carbocycles. The van der Waals surface area contributed by atoms with E-state index < -0.39 is 0 Å². The van der Waals surface area contributed by atoms with Crippen molar-refractivity contribution < 1.29 is 0 Å². The van der Waals surface area contributed by atoms with Crippen LogP contribution >= 0.6 is 0 Å². The second-order valence-corrected chi connectivity index (χ2v) is 5.58. The summed E-state index contributed by atoms with van der Waals surface area (Å²) in [4.78, 5) is 4.69. The van der Waals surface area contributed by atoms with Gasteiger partial charge in [-0.1, -0.05) is 26.8 Å². The molecule has 2 nitrogen and oxygen atoms in total. The minimum absolute atomic E-state index is 0.315. The molecule has 0 atom stereocenters. The van der Waals surface area contributed by atoms with Crippen molar-refractivity contribution in [2.24, 2.45) is 5.41 Å². The zero-order valence-corrected chi connectivity index (χ0v) is 9.93. The molecule has 0 aliphatic carbocycles. The summed E-state index contributed by atoms with van der Waals surface area (Å²) >= 11 is 0. The lowest BCUT2D eigenvalue weighted by Gasteiger charge is -2.21. The molecule has 0 amide bonds. The van der Waals surface area contributed by atoms with Gasteiger partial charge in [-0.25, -0.2) is 4.98 Å². The standard InChI is InChI=1S/C13H20N2/c1-13(2,3)9-11-7-6-10-5-4-8-14-12(10)15-11/h6-7H,4-5,8-9H2,1-3H3,(H,14,15). The first-order valence-electron chi connectivity index (χ1n) is 5.77. The Morgan fingerprint density at radius 3 is 2.87 bits per heavy atom. The molecule has 1 aliphatic rings. The quantitative estimate of drug-likeness (QED) is 0.760. The van der Waals surface area contributed by atoms with E-state index in [1.54, 1.807) is 0 Å². The van der Waals surface area contributed by atoms with Gasteiger partial charge in [0.1, 0.15) is 5.82 Å². The third-order valence-corrected chi connectivity index (χ3v) is 2.66. The van der Waals surface area contributed by atoms with Gasteiger partial charge >= 0.3 is 0 Å². The van der Waals surface area contributed by atoms with E-state index in [4.69, 9.17) is 0 Å². The largest absolute Gasteiger partial charge is 0.370 e. The number of hydrogen-bond donors (Lipinski definition) is 1. The second-order valence-electron chi connectivity index (χ2n) is 5.58. The van der Waals surface area contributed by atoms with Crippen molar-refractivity contribution in [1.82, 2.24) is 4.98 Å². The zero-order chi connectivity index (χ0) is 10.9. The van der Waals surface area contributed by atoms with E-state index >= 15 is 0 Å². The van der Waals surface area contributed by atoms with E-state index in [-0.39, 0.29) is 0 Å². The Kier molecular flexibility index (Phi) is 2.68. The average molecular weight is 204 g/mol. The van der Waals surface area contributed by atoms with E-state index in [2.05, 4.69) is 43.2 Å². The first-order chi connectivity index (χ1) is 7.04. The van der Waals surface area contributed by atoms with E-state index in [0.717, 1.165) is 18.8 Å². The Labute approximate surface area is 92.1 Å². The molecular formula is C13H20N2. The minimum atomic E-state index is 0.315. The summed E-state index contributed by atoms with van der Waals surface area (Å²) < 4.78 is 0. The maximum Gasteiger partial charge on any atom is 0.129 e. The molecule has 1 aromatic heterocycles. The Hall–Kier alpha value is -1.05. The SMILES string of the molecule is CC(C)(C)Cc1ccc2c(n1)NCCC2. The third-order valence-electron chi connectivity index (χ3n) is 2.66. The summed E-state index contributed by atoms with van der Waals surface area (Å²) in [6, 6.07) is 4.41. The van der Waals surface area contributed by atoms with Crippen LogP contribution in [-0.2, 0) is 12.8 Å². The predicted octanol–water partition coefficient (Wildman–Crippen LogP) is 3.03. The number of nitrogens with one attached hydrogen (secondary N) is 1. The van der Waals surface area contributed by atoms with Crippen molar-refractivity contribution in [2.45, 2.75) is 40.0 Å². The Morgan fingerprint density at radius 1 is 1.33 bits per heavy atom. The summed E-state index contributed by atoms with van der Waals surface area (Å²) in [5.74, 6) is 1.11. The minimum Gasteiger partial charge on any atom is -0.370 e. The molecule has 2 heteroatoms. The number of anilines is 1. The van der Waals surface area contributed by atoms with Crippen molar-refractivity contribution in [3.63, 3.8) is 0 Å². The molecule has 0 saturated heterocycles. The summed E-state index contributed by atoms with van der Waals surface area (Å²) in [5, 5.41) is 3.38. The van der Waals surface area contributed by atoms with Crippen LogP contribution in [0.1, 0.15) is 38.4 Å². The molecule has 2 rings (SSSR count). The molecule has 0 radical (unpaired) electrons. The van der Waals surface area contributed by atoms with E-state index in [1.165, 1.54) is 24.1 Å². The number of fused-ring (bicyclic) bond motifs is 1. The van der Waals surface area contributed by atoms with Gasteiger partial charge in [0.15, 0.2) is 0 Å². The second kappa shape index (κ2) is 3.84. The Balaban J connectivity index is 2.21. The Bertz CT molecular complexity index is 350. The van der Waals surface area contributed by atoms with E-state index in [1.807, 2.05) is 0 Å². The van der Waals surface area contributed by atoms with Crippen LogP contribution < -0.4 is 5.32 Å². The van der Waals surface area contributed by atoms with Gasteiger partial charge in [-0.2, -0.15) is 0 Å². The van der Waals surface area contributed by atoms with Crippen LogP contribution in [0.3, 0.4) is 0 Å². The first-order valence-corrected chi connectivity index (χ1v) is 5.77. The predicted molar refractivity (Wildman–Crippen MR) is 64.2 cm³/mol. The number of aryl methyl sites for hydroxylation is 1. The molecule has 15 heavy (non-hydrogen) atoms. The number of hydrogen-bond acceptors (Lipinski definition) is 2. The van der Waals surface area contributed by atoms with E-state index in [0.29, 0.717) is 5.41 Å². The van der Waals surface area contributed by atoms with E-state index in [9.17, 15) is 0 Å². The monoisotopic (exact) mass is 204 g/mol. The lowest BCUT2D eigenvalue weighted by molar-refractivity contribution is 0.406. The lowest BCUT2D eigenvalue weighted by Crippen LogP contribution is -2.16. The number of aromatic nitrogens is 1. The molecule has 0 spiro atoms. The Morgan fingerprint density at radius 2 is 2.13 bits per heavy atom. The number of rotatable bonds is 1. The zero-order valence-electron chi connectivity index (χ0n) is 9.93. The summed E-state index contributed by atoms with van der Waals surface area (Å²) in [7, 11) is 0. The van der Waals surface area contributed by atoms with Crippen LogP contribution in [-0.4, -0.2) is 11.5 Å². The fourth-order valence-electron chi connectivity index (χ4n) is 2.01. The molecule has 82 valence electrons. The maximum atomic E-state index is 4.69. The van der Waals surface area contributed by atoms with Crippen LogP contribution in [0.2, 0.25) is 0 Å². The maximum absolute atomic E-state index is 4.69. The van der Waals surface area contributed by atoms with Gasteiger partial charge in [-0.3, -0.25) is 0 Å². The molecule has 1 N–H and O–H groups in total. The van der Waals surface area contributed by atoms with Gasteiger partial charge in [0.2, 0.25) is 0 Å². The first kappa shape index (κ1) is 10.5. The molecule has 2 heterocycles. The van der Waals surface area contributed by atoms with Gasteiger partial charge in [0.25, 0.3) is 0 Å². The smallest absolute Gasteiger partial charge is 0.129 e. The molecule has 1 aliphatic heterocycles. The van der Waals surface area contributed by atoms with Crippen LogP contribution in [0.15, 0.2) is 12.1 Å². The van der Waals surface area contributed by atoms with Crippen molar-refractivity contribution in [1.29, 1.82) is 0 Å². The third kappa shape index (κ3) is 2.71. The van der Waals surface area contributed by atoms with Gasteiger partial charge < -0.3 is 5.32 Å². The molecule has 0 unspecified atom stereocenters. The summed E-state index contributed by atoms with van der Waals surface area (Å²) in [5.41, 5.74) is 2.89. The van der Waals surface area contributed by atoms with Gasteiger partial charge in [0.05, 0.1) is 0 Å². The van der Waals surface area contributed by atoms with Crippen molar-refractivity contribution in [2.75, 3.05) is 11.9 Å². The summed E-state index contributed by atoms with van der Waals surface area (Å²) in [6.45, 7) is 7.82. The molecule has 0 fully saturated rings. The summed E-state index contributed by atoms with van der Waals surface area (Å²) in [6.07, 6.45) is 3.44. The van der Waals surface area contributed by atoms with Crippen LogP contribution in [0.5, 0.6) is 0 Å². The fourth-order valence-corrected chi connectivity index (χ4v) is 2.01. The van der Waals surface area contributed by atoms with Crippen LogP contribution in [0.4, 0.5) is 5.82 Å². The van der Waals surface area contributed by atoms with Crippen LogP contribution in [0.25, 0.3) is 0 Å². The topological polar surface area (TPSA) is 24.9 Å². The van der Waals surface area contributed by atoms with Crippen molar-refractivity contribution in [3.8, 4) is 0 Å². The van der Waals surface area contributed by atoms with Gasteiger partial charge in [-0.15, -0.1) is 0 Å². The highest BCUT2D eigenvalue weighted by Gasteiger charge is 2.15. The van der Waals surface area contributed by atoms with Crippen molar-refractivity contribution >= 4 is 5.82 Å². The van der Waals surface area contributed by atoms with Crippen molar-refractivity contribution in [3.05, 3.63) is 23.4 Å². The molecule has 0 bridgehead atoms. The average Bonchev–Trinajstić information content (AvgIpc) is 2.15. The molecule has 0 saturated carbocycles. The highest BCUT2D eigenvalue weighted by molar-refractivity contribution is 5.47. The fraction of sp³-hybridized carbons (Fsp3) is 0.615. The number of pyridine rings is 1. The highest BCUT2D eigenvalue weighted by Crippen LogP contribution is 2.24. The lowest BCUT2D eigenvalue weighted by atomic mass is 9.90. The molecular weight excluding hydrogens is 184 g/mol. The normalized spacial score (nSPS) is 15.7.